The van der Waals surface area contributed by atoms with Crippen LogP contribution in [0.1, 0.15) is 26.8 Å². The van der Waals surface area contributed by atoms with Crippen LogP contribution < -0.4 is 0 Å². The van der Waals surface area contributed by atoms with Crippen molar-refractivity contribution < 1.29 is 18.7 Å². The molecule has 0 saturated heterocycles. The lowest BCUT2D eigenvalue weighted by Gasteiger charge is -2.20. The fourth-order valence-electron chi connectivity index (χ4n) is 2.02. The lowest BCUT2D eigenvalue weighted by Crippen LogP contribution is -2.13. The first-order valence-electron chi connectivity index (χ1n) is 6.52. The van der Waals surface area contributed by atoms with Crippen molar-refractivity contribution in [3.63, 3.8) is 0 Å². The second kappa shape index (κ2) is 6.01. The fraction of sp³-hybridized carbons (Fsp3) is 0.429. The summed E-state index contributed by atoms with van der Waals surface area (Å²) in [7, 11) is 0. The number of carboxylic acid groups (broad SMARTS) is 1. The van der Waals surface area contributed by atoms with Crippen LogP contribution in [0.5, 0.6) is 0 Å². The Labute approximate surface area is 125 Å². The normalized spacial score (nSPS) is 13.0. The summed E-state index contributed by atoms with van der Waals surface area (Å²) in [5.41, 5.74) is 0.415. The Balaban J connectivity index is 2.62. The molecule has 1 aromatic carbocycles. The predicted molar refractivity (Wildman–Crippen MR) is 77.6 cm³/mol. The quantitative estimate of drug-likeness (QED) is 0.855. The van der Waals surface area contributed by atoms with E-state index in [1.807, 2.05) is 20.8 Å². The summed E-state index contributed by atoms with van der Waals surface area (Å²) in [4.78, 5) is 14.9. The Kier molecular flexibility index (Phi) is 4.51. The monoisotopic (exact) mass is 314 g/mol. The summed E-state index contributed by atoms with van der Waals surface area (Å²) in [5.74, 6) is -2.37. The molecule has 1 N–H and O–H groups in total. The first kappa shape index (κ1) is 15.8. The van der Waals surface area contributed by atoms with E-state index in [9.17, 15) is 13.6 Å². The number of nitrogens with zero attached hydrogens (tertiary/aromatic N) is 2. The Hall–Kier alpha value is -1.63. The van der Waals surface area contributed by atoms with Gasteiger partial charge < -0.3 is 9.67 Å². The molecule has 0 aliphatic heterocycles. The summed E-state index contributed by atoms with van der Waals surface area (Å²) in [6.07, 6.45) is 0. The number of halogens is 2. The standard InChI is InChI=1S/C14H16F2N2O2S/c1-7(2)8(3)18-11-5-9(15)4-10(16)13(11)17-14(18)21-6-12(19)20/h4-5,7-8H,6H2,1-3H3,(H,19,20). The van der Waals surface area contributed by atoms with Gasteiger partial charge >= 0.3 is 5.97 Å². The zero-order valence-corrected chi connectivity index (χ0v) is 12.7. The summed E-state index contributed by atoms with van der Waals surface area (Å²) >= 11 is 1.00. The van der Waals surface area contributed by atoms with Gasteiger partial charge in [0.25, 0.3) is 0 Å². The molecule has 0 bridgehead atoms. The van der Waals surface area contributed by atoms with E-state index >= 15 is 0 Å². The third-order valence-corrected chi connectivity index (χ3v) is 4.32. The van der Waals surface area contributed by atoms with Gasteiger partial charge in [-0.05, 0) is 12.8 Å². The lowest BCUT2D eigenvalue weighted by molar-refractivity contribution is -0.133. The van der Waals surface area contributed by atoms with Crippen molar-refractivity contribution in [2.75, 3.05) is 5.75 Å². The first-order chi connectivity index (χ1) is 9.81. The van der Waals surface area contributed by atoms with Crippen LogP contribution in [0.4, 0.5) is 8.78 Å². The number of thioether (sulfide) groups is 1. The molecule has 21 heavy (non-hydrogen) atoms. The van der Waals surface area contributed by atoms with E-state index < -0.39 is 17.6 Å². The Morgan fingerprint density at radius 3 is 2.62 bits per heavy atom. The van der Waals surface area contributed by atoms with Gasteiger partial charge in [0.1, 0.15) is 11.3 Å². The van der Waals surface area contributed by atoms with Crippen molar-refractivity contribution in [1.29, 1.82) is 0 Å². The lowest BCUT2D eigenvalue weighted by atomic mass is 10.1. The van der Waals surface area contributed by atoms with Crippen molar-refractivity contribution in [2.45, 2.75) is 32.0 Å². The maximum atomic E-state index is 13.9. The zero-order valence-electron chi connectivity index (χ0n) is 11.9. The van der Waals surface area contributed by atoms with E-state index in [-0.39, 0.29) is 23.2 Å². The molecule has 0 aliphatic carbocycles. The minimum atomic E-state index is -0.984. The third-order valence-electron chi connectivity index (χ3n) is 3.38. The van der Waals surface area contributed by atoms with Gasteiger partial charge in [-0.25, -0.2) is 13.8 Å². The van der Waals surface area contributed by atoms with Crippen LogP contribution in [0.15, 0.2) is 17.3 Å². The van der Waals surface area contributed by atoms with Gasteiger partial charge in [0.05, 0.1) is 11.3 Å². The molecule has 1 heterocycles. The highest BCUT2D eigenvalue weighted by Gasteiger charge is 2.21. The number of hydrogen-bond acceptors (Lipinski definition) is 3. The second-order valence-corrected chi connectivity index (χ2v) is 6.13. The van der Waals surface area contributed by atoms with Crippen molar-refractivity contribution >= 4 is 28.8 Å². The molecule has 0 fully saturated rings. The minimum absolute atomic E-state index is 0.0625. The molecular weight excluding hydrogens is 298 g/mol. The SMILES string of the molecule is CC(C)C(C)n1c(SCC(=O)O)nc2c(F)cc(F)cc21. The summed E-state index contributed by atoms with van der Waals surface area (Å²) < 4.78 is 29.1. The second-order valence-electron chi connectivity index (χ2n) is 5.19. The molecule has 0 radical (unpaired) electrons. The van der Waals surface area contributed by atoms with Crippen LogP contribution in [-0.4, -0.2) is 26.4 Å². The van der Waals surface area contributed by atoms with Gasteiger partial charge in [-0.3, -0.25) is 4.79 Å². The van der Waals surface area contributed by atoms with E-state index in [1.54, 1.807) is 4.57 Å². The number of aromatic nitrogens is 2. The van der Waals surface area contributed by atoms with Crippen LogP contribution >= 0.6 is 11.8 Å². The number of hydrogen-bond donors (Lipinski definition) is 1. The number of imidazole rings is 1. The highest BCUT2D eigenvalue weighted by atomic mass is 32.2. The molecule has 2 rings (SSSR count). The van der Waals surface area contributed by atoms with Crippen molar-refractivity contribution in [1.82, 2.24) is 9.55 Å². The van der Waals surface area contributed by atoms with Gasteiger partial charge in [-0.15, -0.1) is 0 Å². The molecule has 1 unspecified atom stereocenters. The highest BCUT2D eigenvalue weighted by Crippen LogP contribution is 2.32. The van der Waals surface area contributed by atoms with Gasteiger partial charge in [0, 0.05) is 18.2 Å². The molecule has 0 amide bonds. The molecule has 7 heteroatoms. The summed E-state index contributed by atoms with van der Waals surface area (Å²) in [6, 6.07) is 1.95. The Morgan fingerprint density at radius 2 is 2.05 bits per heavy atom. The average molecular weight is 314 g/mol. The van der Waals surface area contributed by atoms with Crippen LogP contribution in [0.25, 0.3) is 11.0 Å². The number of carboxylic acids is 1. The highest BCUT2D eigenvalue weighted by molar-refractivity contribution is 7.99. The maximum absolute atomic E-state index is 13.9. The van der Waals surface area contributed by atoms with Crippen LogP contribution in [0.2, 0.25) is 0 Å². The van der Waals surface area contributed by atoms with E-state index in [2.05, 4.69) is 4.98 Å². The number of aliphatic carboxylic acids is 1. The number of carbonyl (C=O) groups is 1. The van der Waals surface area contributed by atoms with Gasteiger partial charge in [0.15, 0.2) is 11.0 Å². The number of benzene rings is 1. The molecule has 4 nitrogen and oxygen atoms in total. The Bertz CT molecular complexity index is 685. The van der Waals surface area contributed by atoms with E-state index in [0.717, 1.165) is 17.8 Å². The maximum Gasteiger partial charge on any atom is 0.313 e. The molecule has 1 aromatic heterocycles. The van der Waals surface area contributed by atoms with E-state index in [4.69, 9.17) is 5.11 Å². The van der Waals surface area contributed by atoms with E-state index in [0.29, 0.717) is 10.7 Å². The summed E-state index contributed by atoms with van der Waals surface area (Å²) in [6.45, 7) is 5.88. The molecular formula is C14H16F2N2O2S. The van der Waals surface area contributed by atoms with Crippen molar-refractivity contribution in [3.8, 4) is 0 Å². The minimum Gasteiger partial charge on any atom is -0.481 e. The predicted octanol–water partition coefficient (Wildman–Crippen LogP) is 3.71. The van der Waals surface area contributed by atoms with Crippen LogP contribution in [0.3, 0.4) is 0 Å². The average Bonchev–Trinajstić information content (AvgIpc) is 2.73. The molecule has 1 atom stereocenters. The fourth-order valence-corrected chi connectivity index (χ4v) is 2.83. The van der Waals surface area contributed by atoms with Crippen molar-refractivity contribution in [3.05, 3.63) is 23.8 Å². The molecule has 0 aliphatic rings. The first-order valence-corrected chi connectivity index (χ1v) is 7.51. The molecule has 2 aromatic rings. The van der Waals surface area contributed by atoms with Gasteiger partial charge in [-0.2, -0.15) is 0 Å². The number of fused-ring (bicyclic) bond motifs is 1. The molecule has 0 spiro atoms. The van der Waals surface area contributed by atoms with E-state index in [1.165, 1.54) is 6.07 Å². The van der Waals surface area contributed by atoms with Crippen molar-refractivity contribution in [2.24, 2.45) is 5.92 Å². The zero-order chi connectivity index (χ0) is 15.7. The topological polar surface area (TPSA) is 55.1 Å². The molecule has 0 saturated carbocycles. The Morgan fingerprint density at radius 1 is 1.38 bits per heavy atom. The summed E-state index contributed by atoms with van der Waals surface area (Å²) in [5, 5.41) is 9.18. The van der Waals surface area contributed by atoms with Gasteiger partial charge in [0.2, 0.25) is 0 Å². The largest absolute Gasteiger partial charge is 0.481 e. The third kappa shape index (κ3) is 3.18. The van der Waals surface area contributed by atoms with Crippen LogP contribution in [-0.2, 0) is 4.79 Å². The van der Waals surface area contributed by atoms with Gasteiger partial charge in [-0.1, -0.05) is 25.6 Å². The number of rotatable bonds is 5. The molecule has 114 valence electrons. The van der Waals surface area contributed by atoms with Crippen LogP contribution in [0, 0.1) is 17.6 Å². The smallest absolute Gasteiger partial charge is 0.313 e.